The second-order valence-corrected chi connectivity index (χ2v) is 9.49. The Balaban J connectivity index is 1.62. The maximum absolute atomic E-state index is 13.9. The molecule has 0 aliphatic heterocycles. The maximum Gasteiger partial charge on any atom is 0.306 e. The number of aromatic amines is 2. The molecule has 3 aromatic heterocycles. The number of nitrogens with zero attached hydrogens (tertiary/aromatic N) is 1. The SMILES string of the molecule is COC(=O)C[C@@H](c1cc2cc(OC)ccc2[nH]c1=O)c1c(O)cc(C)n(CCc2c[nH]c3ccccc23)c1=O. The molecule has 1 atom stereocenters. The van der Waals surface area contributed by atoms with Gasteiger partial charge in [-0.25, -0.2) is 0 Å². The number of benzene rings is 2. The van der Waals surface area contributed by atoms with Gasteiger partial charge in [0, 0.05) is 51.7 Å². The van der Waals surface area contributed by atoms with Gasteiger partial charge in [0.2, 0.25) is 0 Å². The molecule has 3 heterocycles. The summed E-state index contributed by atoms with van der Waals surface area (Å²) < 4.78 is 11.8. The van der Waals surface area contributed by atoms with E-state index in [1.165, 1.54) is 20.3 Å². The molecule has 0 unspecified atom stereocenters. The number of para-hydroxylation sites is 1. The first-order chi connectivity index (χ1) is 18.8. The molecule has 0 amide bonds. The normalized spacial score (nSPS) is 12.1. The average molecular weight is 528 g/mol. The fraction of sp³-hybridized carbons (Fsp3) is 0.233. The van der Waals surface area contributed by atoms with E-state index >= 15 is 0 Å². The first kappa shape index (κ1) is 25.8. The number of ether oxygens (including phenoxy) is 2. The molecule has 0 saturated heterocycles. The second-order valence-electron chi connectivity index (χ2n) is 9.49. The molecule has 0 bridgehead atoms. The Morgan fingerprint density at radius 2 is 1.85 bits per heavy atom. The lowest BCUT2D eigenvalue weighted by Gasteiger charge is -2.20. The Morgan fingerprint density at radius 3 is 2.62 bits per heavy atom. The predicted octanol–water partition coefficient (Wildman–Crippen LogP) is 4.13. The van der Waals surface area contributed by atoms with Crippen LogP contribution in [-0.2, 0) is 22.5 Å². The molecule has 2 aromatic carbocycles. The number of carbonyl (C=O) groups is 1. The average Bonchev–Trinajstić information content (AvgIpc) is 3.34. The number of fused-ring (bicyclic) bond motifs is 2. The number of carbonyl (C=O) groups excluding carboxylic acids is 1. The van der Waals surface area contributed by atoms with Crippen molar-refractivity contribution in [2.24, 2.45) is 0 Å². The number of pyridine rings is 2. The molecule has 39 heavy (non-hydrogen) atoms. The summed E-state index contributed by atoms with van der Waals surface area (Å²) in [5.41, 5.74) is 2.41. The van der Waals surface area contributed by atoms with E-state index in [0.29, 0.717) is 35.3 Å². The molecule has 0 aliphatic rings. The lowest BCUT2D eigenvalue weighted by Crippen LogP contribution is -2.31. The third-order valence-corrected chi connectivity index (χ3v) is 7.21. The number of aryl methyl sites for hydroxylation is 2. The van der Waals surface area contributed by atoms with Gasteiger partial charge in [-0.2, -0.15) is 0 Å². The van der Waals surface area contributed by atoms with Crippen LogP contribution in [0.4, 0.5) is 0 Å². The van der Waals surface area contributed by atoms with Crippen molar-refractivity contribution < 1.29 is 19.4 Å². The van der Waals surface area contributed by atoms with Crippen LogP contribution in [0.15, 0.2) is 70.4 Å². The first-order valence-electron chi connectivity index (χ1n) is 12.6. The van der Waals surface area contributed by atoms with Gasteiger partial charge in [0.15, 0.2) is 0 Å². The number of esters is 1. The van der Waals surface area contributed by atoms with Crippen LogP contribution in [-0.4, -0.2) is 39.8 Å². The molecule has 5 rings (SSSR count). The zero-order chi connectivity index (χ0) is 27.7. The smallest absolute Gasteiger partial charge is 0.306 e. The number of hydrogen-bond acceptors (Lipinski definition) is 6. The van der Waals surface area contributed by atoms with E-state index in [0.717, 1.165) is 16.5 Å². The maximum atomic E-state index is 13.9. The van der Waals surface area contributed by atoms with E-state index < -0.39 is 23.0 Å². The lowest BCUT2D eigenvalue weighted by atomic mass is 9.88. The molecular formula is C30H29N3O6. The van der Waals surface area contributed by atoms with Gasteiger partial charge in [0.05, 0.1) is 26.2 Å². The van der Waals surface area contributed by atoms with Gasteiger partial charge in [-0.3, -0.25) is 14.4 Å². The highest BCUT2D eigenvalue weighted by Gasteiger charge is 2.29. The van der Waals surface area contributed by atoms with E-state index in [1.54, 1.807) is 35.8 Å². The number of aromatic hydroxyl groups is 1. The van der Waals surface area contributed by atoms with Crippen LogP contribution in [0.25, 0.3) is 21.8 Å². The fourth-order valence-corrected chi connectivity index (χ4v) is 5.15. The zero-order valence-corrected chi connectivity index (χ0v) is 21.9. The minimum Gasteiger partial charge on any atom is -0.507 e. The third-order valence-electron chi connectivity index (χ3n) is 7.21. The molecule has 0 spiro atoms. The van der Waals surface area contributed by atoms with Crippen molar-refractivity contribution in [2.75, 3.05) is 14.2 Å². The molecule has 3 N–H and O–H groups in total. The number of rotatable bonds is 8. The van der Waals surface area contributed by atoms with Gasteiger partial charge < -0.3 is 29.1 Å². The summed E-state index contributed by atoms with van der Waals surface area (Å²) >= 11 is 0. The molecule has 0 radical (unpaired) electrons. The van der Waals surface area contributed by atoms with E-state index in [1.807, 2.05) is 30.5 Å². The minimum atomic E-state index is -1.04. The molecular weight excluding hydrogens is 498 g/mol. The highest BCUT2D eigenvalue weighted by Crippen LogP contribution is 2.32. The van der Waals surface area contributed by atoms with Crippen LogP contribution >= 0.6 is 0 Å². The predicted molar refractivity (Wildman–Crippen MR) is 149 cm³/mol. The van der Waals surface area contributed by atoms with Crippen molar-refractivity contribution in [1.82, 2.24) is 14.5 Å². The Bertz CT molecular complexity index is 1810. The van der Waals surface area contributed by atoms with Gasteiger partial charge in [0.25, 0.3) is 11.1 Å². The summed E-state index contributed by atoms with van der Waals surface area (Å²) in [6, 6.07) is 16.2. The summed E-state index contributed by atoms with van der Waals surface area (Å²) in [6.07, 6.45) is 2.19. The molecule has 0 fully saturated rings. The highest BCUT2D eigenvalue weighted by molar-refractivity contribution is 5.83. The minimum absolute atomic E-state index is 0.0299. The van der Waals surface area contributed by atoms with Gasteiger partial charge in [-0.05, 0) is 55.3 Å². The molecule has 200 valence electrons. The van der Waals surface area contributed by atoms with Crippen LogP contribution in [0, 0.1) is 6.92 Å². The fourth-order valence-electron chi connectivity index (χ4n) is 5.15. The van der Waals surface area contributed by atoms with Crippen molar-refractivity contribution in [3.63, 3.8) is 0 Å². The van der Waals surface area contributed by atoms with Gasteiger partial charge in [-0.15, -0.1) is 0 Å². The number of aromatic nitrogens is 3. The zero-order valence-electron chi connectivity index (χ0n) is 21.9. The van der Waals surface area contributed by atoms with Gasteiger partial charge >= 0.3 is 5.97 Å². The number of H-pyrrole nitrogens is 2. The van der Waals surface area contributed by atoms with Crippen LogP contribution in [0.3, 0.4) is 0 Å². The molecule has 9 heteroatoms. The summed E-state index contributed by atoms with van der Waals surface area (Å²) in [7, 11) is 2.78. The largest absolute Gasteiger partial charge is 0.507 e. The summed E-state index contributed by atoms with van der Waals surface area (Å²) in [6.45, 7) is 2.08. The topological polar surface area (TPSA) is 126 Å². The van der Waals surface area contributed by atoms with Crippen molar-refractivity contribution in [3.8, 4) is 11.5 Å². The van der Waals surface area contributed by atoms with E-state index in [2.05, 4.69) is 9.97 Å². The van der Waals surface area contributed by atoms with Crippen molar-refractivity contribution >= 4 is 27.8 Å². The Morgan fingerprint density at radius 1 is 1.05 bits per heavy atom. The monoisotopic (exact) mass is 527 g/mol. The standard InChI is InChI=1S/C30H29N3O6/c1-17-12-26(34)28(30(37)33(17)11-10-18-16-31-25-7-5-4-6-21(18)25)22(15-27(35)39-3)23-14-19-13-20(38-2)8-9-24(19)32-29(23)36/h4-9,12-14,16,22,31,34H,10-11,15H2,1-3H3,(H,32,36)/t22-/m0/s1. The summed E-state index contributed by atoms with van der Waals surface area (Å²) in [5.74, 6) is -1.35. The van der Waals surface area contributed by atoms with E-state index in [9.17, 15) is 19.5 Å². The molecule has 5 aromatic rings. The van der Waals surface area contributed by atoms with Crippen LogP contribution in [0.1, 0.15) is 34.7 Å². The van der Waals surface area contributed by atoms with Crippen molar-refractivity contribution in [2.45, 2.75) is 32.2 Å². The second kappa shape index (κ2) is 10.5. The Labute approximate surface area is 223 Å². The van der Waals surface area contributed by atoms with Crippen LogP contribution in [0.5, 0.6) is 11.5 Å². The van der Waals surface area contributed by atoms with E-state index in [4.69, 9.17) is 9.47 Å². The van der Waals surface area contributed by atoms with Crippen LogP contribution in [0.2, 0.25) is 0 Å². The van der Waals surface area contributed by atoms with Crippen molar-refractivity contribution in [3.05, 3.63) is 104 Å². The number of methoxy groups -OCH3 is 2. The molecule has 0 saturated carbocycles. The third kappa shape index (κ3) is 4.90. The molecule has 0 aliphatic carbocycles. The quantitative estimate of drug-likeness (QED) is 0.261. The van der Waals surface area contributed by atoms with Gasteiger partial charge in [0.1, 0.15) is 11.5 Å². The summed E-state index contributed by atoms with van der Waals surface area (Å²) in [5, 5.41) is 12.7. The van der Waals surface area contributed by atoms with Gasteiger partial charge in [-0.1, -0.05) is 18.2 Å². The lowest BCUT2D eigenvalue weighted by molar-refractivity contribution is -0.140. The Kier molecular flexibility index (Phi) is 6.98. The summed E-state index contributed by atoms with van der Waals surface area (Å²) in [4.78, 5) is 45.7. The number of hydrogen-bond donors (Lipinski definition) is 3. The van der Waals surface area contributed by atoms with Crippen LogP contribution < -0.4 is 15.9 Å². The number of nitrogens with one attached hydrogen (secondary N) is 2. The first-order valence-corrected chi connectivity index (χ1v) is 12.6. The van der Waals surface area contributed by atoms with E-state index in [-0.39, 0.29) is 23.3 Å². The Hall–Kier alpha value is -4.79. The van der Waals surface area contributed by atoms with Crippen molar-refractivity contribution in [1.29, 1.82) is 0 Å². The highest BCUT2D eigenvalue weighted by atomic mass is 16.5. The molecule has 9 nitrogen and oxygen atoms in total.